The Balaban J connectivity index is 0.00000392. The molecule has 0 aliphatic carbocycles. The van der Waals surface area contributed by atoms with Crippen molar-refractivity contribution in [3.05, 3.63) is 71.8 Å². The number of hydrogen-bond acceptors (Lipinski definition) is 4. The van der Waals surface area contributed by atoms with E-state index in [1.54, 1.807) is 54.6 Å². The van der Waals surface area contributed by atoms with E-state index < -0.39 is 31.9 Å². The van der Waals surface area contributed by atoms with Gasteiger partial charge in [0.25, 0.3) is 7.52 Å². The van der Waals surface area contributed by atoms with Crippen LogP contribution in [0.2, 0.25) is 0 Å². The maximum Gasteiger partial charge on any atom is 1.00 e. The van der Waals surface area contributed by atoms with Gasteiger partial charge in [0.2, 0.25) is 0 Å². The molecule has 144 valence electrons. The fourth-order valence-electron chi connectivity index (χ4n) is 2.27. The molecule has 29 heavy (non-hydrogen) atoms. The molecule has 1 amide bonds. The van der Waals surface area contributed by atoms with Gasteiger partial charge in [-0.2, -0.15) is 0 Å². The second kappa shape index (κ2) is 13.7. The average Bonchev–Trinajstić information content (AvgIpc) is 2.66. The van der Waals surface area contributed by atoms with Crippen LogP contribution in [0.3, 0.4) is 0 Å². The number of aliphatic carboxylic acids is 1. The zero-order valence-corrected chi connectivity index (χ0v) is 17.3. The first kappa shape index (κ1) is 27.5. The Kier molecular flexibility index (Phi) is 13.0. The number of ether oxygens (including phenoxy) is 1. The minimum absolute atomic E-state index is 0. The van der Waals surface area contributed by atoms with E-state index >= 15 is 0 Å². The minimum atomic E-state index is -4.13. The molecular weight excluding hydrogens is 385 g/mol. The van der Waals surface area contributed by atoms with Crippen molar-refractivity contribution in [2.45, 2.75) is 19.1 Å². The number of carboxylic acid groups (broad SMARTS) is 1. The molecule has 8 nitrogen and oxygen atoms in total. The number of benzene rings is 2. The van der Waals surface area contributed by atoms with Gasteiger partial charge in [-0.1, -0.05) is 60.7 Å². The molecule has 0 fully saturated rings. The smallest absolute Gasteiger partial charge is 0.480 e. The molecule has 0 aliphatic rings. The summed E-state index contributed by atoms with van der Waals surface area (Å²) in [5.74, 6) is -1.26. The van der Waals surface area contributed by atoms with Crippen LogP contribution in [-0.2, 0) is 27.1 Å². The molecule has 11 heteroatoms. The summed E-state index contributed by atoms with van der Waals surface area (Å²) in [5, 5.41) is 13.7. The summed E-state index contributed by atoms with van der Waals surface area (Å²) in [6.07, 6.45) is -1.50. The van der Waals surface area contributed by atoms with Crippen molar-refractivity contribution in [1.82, 2.24) is 10.4 Å². The molecule has 2 aromatic carbocycles. The van der Waals surface area contributed by atoms with Crippen LogP contribution in [0.25, 0.3) is 0 Å². The normalized spacial score (nSPS) is 13.0. The van der Waals surface area contributed by atoms with Crippen LogP contribution in [0.4, 0.5) is 4.79 Å². The third kappa shape index (κ3) is 10.7. The first-order valence-electron chi connectivity index (χ1n) is 8.16. The van der Waals surface area contributed by atoms with Gasteiger partial charge in [0.15, 0.2) is 0 Å². The number of amides is 1. The first-order chi connectivity index (χ1) is 12.9. The van der Waals surface area contributed by atoms with Gasteiger partial charge in [-0.3, -0.25) is 9.36 Å². The van der Waals surface area contributed by atoms with E-state index in [9.17, 15) is 24.2 Å². The van der Waals surface area contributed by atoms with Crippen molar-refractivity contribution in [3.8, 4) is 0 Å². The Labute approximate surface area is 193 Å². The van der Waals surface area contributed by atoms with Gasteiger partial charge in [0.05, 0.1) is 0 Å². The van der Waals surface area contributed by atoms with Crippen molar-refractivity contribution < 1.29 is 66.6 Å². The summed E-state index contributed by atoms with van der Waals surface area (Å²) in [6, 6.07) is 16.4. The first-order valence-corrected chi connectivity index (χ1v) is 10.0. The summed E-state index contributed by atoms with van der Waals surface area (Å²) in [5.41, 5.74) is 1.47. The van der Waals surface area contributed by atoms with Crippen molar-refractivity contribution >= 4 is 19.6 Å². The molecule has 0 aromatic heterocycles. The summed E-state index contributed by atoms with van der Waals surface area (Å²) in [4.78, 5) is 33.0. The topological polar surface area (TPSA) is 125 Å². The summed E-state index contributed by atoms with van der Waals surface area (Å²) in [7, 11) is -4.13. The van der Waals surface area contributed by atoms with Crippen molar-refractivity contribution in [1.29, 1.82) is 0 Å². The van der Waals surface area contributed by atoms with Crippen LogP contribution < -0.4 is 48.1 Å². The molecule has 0 bridgehead atoms. The van der Waals surface area contributed by atoms with Crippen molar-refractivity contribution in [2.24, 2.45) is 0 Å². The van der Waals surface area contributed by atoms with Gasteiger partial charge in [-0.25, -0.2) is 9.88 Å². The second-order valence-electron chi connectivity index (χ2n) is 5.81. The average molecular weight is 406 g/mol. The Morgan fingerprint density at radius 3 is 2.00 bits per heavy atom. The van der Waals surface area contributed by atoms with E-state index in [4.69, 9.17) is 4.74 Å². The molecule has 0 spiro atoms. The van der Waals surface area contributed by atoms with Crippen LogP contribution in [0.15, 0.2) is 60.7 Å². The quantitative estimate of drug-likeness (QED) is 0.250. The van der Waals surface area contributed by atoms with Crippen molar-refractivity contribution in [2.75, 3.05) is 6.29 Å². The molecular formula is C18H21Li2N2O6P+2. The Morgan fingerprint density at radius 2 is 1.48 bits per heavy atom. The number of carbonyl (C=O) groups excluding carboxylic acids is 1. The number of hydrogen-bond donors (Lipinski definition) is 4. The summed E-state index contributed by atoms with van der Waals surface area (Å²) in [6.45, 7) is 0.0155. The molecule has 0 aliphatic heterocycles. The fraction of sp³-hybridized carbons (Fsp3) is 0.222. The number of rotatable bonds is 9. The van der Waals surface area contributed by atoms with Gasteiger partial charge in [-0.05, 0) is 17.5 Å². The van der Waals surface area contributed by atoms with Gasteiger partial charge in [0.1, 0.15) is 18.9 Å². The van der Waals surface area contributed by atoms with Gasteiger partial charge in [0, 0.05) is 0 Å². The maximum absolute atomic E-state index is 12.2. The standard InChI is InChI=1S/C18H21N2O6P.2Li/c21-17(22)16(11-14-7-3-1-4-8-14)20-27(24,25)13-19-18(23)26-12-15-9-5-2-6-10-15;;/h1-10,16H,11-13H2,(H,19,23)(H,21,22)(H2,20,24,25);;/q;2*+1/t16-;;/m0../s1. The molecule has 2 aromatic rings. The number of carbonyl (C=O) groups is 2. The largest absolute Gasteiger partial charge is 1.00 e. The maximum atomic E-state index is 12.2. The van der Waals surface area contributed by atoms with Crippen molar-refractivity contribution in [3.63, 3.8) is 0 Å². The summed E-state index contributed by atoms with van der Waals surface area (Å²) < 4.78 is 17.2. The molecule has 2 rings (SSSR count). The Bertz CT molecular complexity index is 811. The SMILES string of the molecule is O=C(NCP(=O)(O)N[C@@H](Cc1ccccc1)C(=O)O)OCc1ccccc1.[Li+].[Li+]. The van der Waals surface area contributed by atoms with E-state index in [2.05, 4.69) is 10.4 Å². The van der Waals surface area contributed by atoms with Crippen LogP contribution in [-0.4, -0.2) is 34.4 Å². The minimum Gasteiger partial charge on any atom is -0.480 e. The third-order valence-corrected chi connectivity index (χ3v) is 4.89. The second-order valence-corrected chi connectivity index (χ2v) is 7.79. The molecule has 0 saturated heterocycles. The Morgan fingerprint density at radius 1 is 0.966 bits per heavy atom. The molecule has 1 unspecified atom stereocenters. The Hall–Kier alpha value is -1.48. The molecule has 0 radical (unpaired) electrons. The van der Waals surface area contributed by atoms with Crippen LogP contribution in [0.1, 0.15) is 11.1 Å². The van der Waals surface area contributed by atoms with Gasteiger partial charge >= 0.3 is 49.8 Å². The predicted molar refractivity (Wildman–Crippen MR) is 99.2 cm³/mol. The van der Waals surface area contributed by atoms with Gasteiger partial charge < -0.3 is 20.1 Å². The zero-order valence-electron chi connectivity index (χ0n) is 16.4. The predicted octanol–water partition coefficient (Wildman–Crippen LogP) is -3.65. The van der Waals surface area contributed by atoms with Crippen LogP contribution in [0.5, 0.6) is 0 Å². The number of carboxylic acids is 1. The number of alkyl carbamates (subject to hydrolysis) is 1. The van der Waals surface area contributed by atoms with E-state index in [1.165, 1.54) is 0 Å². The molecule has 0 saturated carbocycles. The van der Waals surface area contributed by atoms with E-state index in [1.807, 2.05) is 6.07 Å². The van der Waals surface area contributed by atoms with Gasteiger partial charge in [-0.15, -0.1) is 0 Å². The van der Waals surface area contributed by atoms with E-state index in [-0.39, 0.29) is 50.7 Å². The van der Waals surface area contributed by atoms with E-state index in [0.717, 1.165) is 5.56 Å². The monoisotopic (exact) mass is 406 g/mol. The fourth-order valence-corrected chi connectivity index (χ4v) is 3.40. The molecule has 2 atom stereocenters. The zero-order chi connectivity index (χ0) is 19.7. The summed E-state index contributed by atoms with van der Waals surface area (Å²) >= 11 is 0. The van der Waals surface area contributed by atoms with Crippen LogP contribution in [0, 0.1) is 0 Å². The molecule has 0 heterocycles. The van der Waals surface area contributed by atoms with E-state index in [0.29, 0.717) is 5.56 Å². The third-order valence-electron chi connectivity index (χ3n) is 3.59. The molecule has 4 N–H and O–H groups in total. The number of nitrogens with one attached hydrogen (secondary N) is 2. The van der Waals surface area contributed by atoms with Crippen LogP contribution >= 0.6 is 7.52 Å².